The van der Waals surface area contributed by atoms with Gasteiger partial charge in [-0.05, 0) is 49.9 Å². The molecule has 0 aliphatic heterocycles. The Balaban J connectivity index is 0.00000180. The van der Waals surface area contributed by atoms with E-state index in [2.05, 4.69) is 5.32 Å². The number of aryl methyl sites for hydroxylation is 2. The van der Waals surface area contributed by atoms with Crippen molar-refractivity contribution in [3.05, 3.63) is 23.3 Å². The molecule has 0 unspecified atom stereocenters. The Morgan fingerprint density at radius 1 is 1.26 bits per heavy atom. The topological polar surface area (TPSA) is 38.3 Å². The molecule has 4 heteroatoms. The van der Waals surface area contributed by atoms with Gasteiger partial charge in [0.25, 0.3) is 0 Å². The zero-order chi connectivity index (χ0) is 13.3. The number of benzene rings is 1. The van der Waals surface area contributed by atoms with Crippen LogP contribution in [-0.2, 0) is 37.5 Å². The number of anilines is 1. The SMILES string of the molecule is COc1cc(C)c(NC(=O)C2(C)CCC2)c(C)c1.[Y]. The van der Waals surface area contributed by atoms with Gasteiger partial charge in [0.1, 0.15) is 5.75 Å². The third kappa shape index (κ3) is 3.38. The average molecular weight is 336 g/mol. The molecule has 1 N–H and O–H groups in total. The molecule has 0 atom stereocenters. The minimum Gasteiger partial charge on any atom is -0.497 e. The summed E-state index contributed by atoms with van der Waals surface area (Å²) in [5, 5.41) is 3.08. The molecule has 0 aromatic heterocycles. The van der Waals surface area contributed by atoms with Crippen LogP contribution in [0.4, 0.5) is 5.69 Å². The number of nitrogens with one attached hydrogen (secondary N) is 1. The summed E-state index contributed by atoms with van der Waals surface area (Å²) >= 11 is 0. The van der Waals surface area contributed by atoms with Gasteiger partial charge in [-0.3, -0.25) is 4.79 Å². The fourth-order valence-corrected chi connectivity index (χ4v) is 2.44. The van der Waals surface area contributed by atoms with Crippen molar-refractivity contribution in [2.45, 2.75) is 40.0 Å². The molecule has 1 saturated carbocycles. The Morgan fingerprint density at radius 2 is 1.79 bits per heavy atom. The van der Waals surface area contributed by atoms with E-state index in [1.165, 1.54) is 0 Å². The van der Waals surface area contributed by atoms with E-state index in [4.69, 9.17) is 4.74 Å². The standard InChI is InChI=1S/C15H21NO2.Y/c1-10-8-12(18-4)9-11(2)13(10)16-14(17)15(3)6-5-7-15;/h8-9H,5-7H2,1-4H3,(H,16,17);. The summed E-state index contributed by atoms with van der Waals surface area (Å²) in [6.07, 6.45) is 3.14. The Hall–Kier alpha value is -0.406. The van der Waals surface area contributed by atoms with Gasteiger partial charge in [-0.1, -0.05) is 13.3 Å². The van der Waals surface area contributed by atoms with Gasteiger partial charge in [0.05, 0.1) is 7.11 Å². The van der Waals surface area contributed by atoms with Crippen LogP contribution in [0.25, 0.3) is 0 Å². The van der Waals surface area contributed by atoms with E-state index in [0.29, 0.717) is 0 Å². The van der Waals surface area contributed by atoms with Crippen LogP contribution in [0.5, 0.6) is 5.75 Å². The van der Waals surface area contributed by atoms with Crippen molar-refractivity contribution < 1.29 is 42.2 Å². The summed E-state index contributed by atoms with van der Waals surface area (Å²) in [6.45, 7) is 6.03. The van der Waals surface area contributed by atoms with Crippen LogP contribution in [0, 0.1) is 19.3 Å². The van der Waals surface area contributed by atoms with Gasteiger partial charge in [0.2, 0.25) is 5.91 Å². The Bertz CT molecular complexity index is 458. The van der Waals surface area contributed by atoms with Crippen molar-refractivity contribution in [3.63, 3.8) is 0 Å². The predicted octanol–water partition coefficient (Wildman–Crippen LogP) is 3.44. The molecule has 101 valence electrons. The van der Waals surface area contributed by atoms with Crippen LogP contribution in [0.15, 0.2) is 12.1 Å². The summed E-state index contributed by atoms with van der Waals surface area (Å²) in [5.41, 5.74) is 2.85. The maximum atomic E-state index is 12.2. The van der Waals surface area contributed by atoms with Crippen molar-refractivity contribution in [2.75, 3.05) is 12.4 Å². The molecule has 1 aliphatic carbocycles. The zero-order valence-electron chi connectivity index (χ0n) is 12.2. The molecule has 1 radical (unpaired) electrons. The van der Waals surface area contributed by atoms with Crippen molar-refractivity contribution in [1.82, 2.24) is 0 Å². The van der Waals surface area contributed by atoms with Gasteiger partial charge in [0.15, 0.2) is 0 Å². The van der Waals surface area contributed by atoms with Crippen molar-refractivity contribution >= 4 is 11.6 Å². The van der Waals surface area contributed by atoms with Gasteiger partial charge in [-0.25, -0.2) is 0 Å². The quantitative estimate of drug-likeness (QED) is 0.918. The molecule has 0 saturated heterocycles. The third-order valence-corrected chi connectivity index (χ3v) is 3.99. The molecule has 19 heavy (non-hydrogen) atoms. The second-order valence-corrected chi connectivity index (χ2v) is 5.50. The monoisotopic (exact) mass is 336 g/mol. The van der Waals surface area contributed by atoms with E-state index >= 15 is 0 Å². The van der Waals surface area contributed by atoms with E-state index < -0.39 is 0 Å². The molecule has 3 nitrogen and oxygen atoms in total. The minimum absolute atomic E-state index is 0. The van der Waals surface area contributed by atoms with Crippen molar-refractivity contribution in [2.24, 2.45) is 5.41 Å². The van der Waals surface area contributed by atoms with Crippen LogP contribution in [0.2, 0.25) is 0 Å². The third-order valence-electron chi connectivity index (χ3n) is 3.99. The van der Waals surface area contributed by atoms with E-state index in [-0.39, 0.29) is 44.0 Å². The second-order valence-electron chi connectivity index (χ2n) is 5.50. The van der Waals surface area contributed by atoms with Crippen LogP contribution >= 0.6 is 0 Å². The van der Waals surface area contributed by atoms with Crippen LogP contribution in [-0.4, -0.2) is 13.0 Å². The molecular weight excluding hydrogens is 315 g/mol. The van der Waals surface area contributed by atoms with Gasteiger partial charge in [-0.2, -0.15) is 0 Å². The fraction of sp³-hybridized carbons (Fsp3) is 0.533. The molecule has 1 fully saturated rings. The molecule has 0 spiro atoms. The average Bonchev–Trinajstić information content (AvgIpc) is 2.30. The Morgan fingerprint density at radius 3 is 2.16 bits per heavy atom. The molecule has 0 bridgehead atoms. The fourth-order valence-electron chi connectivity index (χ4n) is 2.44. The smallest absolute Gasteiger partial charge is 0.230 e. The Labute approximate surface area is 140 Å². The van der Waals surface area contributed by atoms with Gasteiger partial charge in [-0.15, -0.1) is 0 Å². The maximum Gasteiger partial charge on any atom is 0.230 e. The molecule has 0 heterocycles. The summed E-state index contributed by atoms with van der Waals surface area (Å²) in [7, 11) is 1.65. The first kappa shape index (κ1) is 16.6. The second kappa shape index (κ2) is 6.36. The summed E-state index contributed by atoms with van der Waals surface area (Å²) in [4.78, 5) is 12.2. The number of ether oxygens (including phenoxy) is 1. The summed E-state index contributed by atoms with van der Waals surface area (Å²) in [5.74, 6) is 0.975. The van der Waals surface area contributed by atoms with E-state index in [1.54, 1.807) is 7.11 Å². The first-order valence-corrected chi connectivity index (χ1v) is 6.43. The van der Waals surface area contributed by atoms with Crippen LogP contribution in [0.1, 0.15) is 37.3 Å². The molecule has 1 aliphatic rings. The first-order chi connectivity index (χ1) is 8.46. The van der Waals surface area contributed by atoms with Gasteiger partial charge in [0, 0.05) is 43.8 Å². The molecular formula is C15H21NO2Y. The number of methoxy groups -OCH3 is 1. The number of hydrogen-bond acceptors (Lipinski definition) is 2. The predicted molar refractivity (Wildman–Crippen MR) is 73.1 cm³/mol. The number of hydrogen-bond donors (Lipinski definition) is 1. The number of carbonyl (C=O) groups excluding carboxylic acids is 1. The van der Waals surface area contributed by atoms with Gasteiger partial charge < -0.3 is 10.1 Å². The van der Waals surface area contributed by atoms with Crippen LogP contribution < -0.4 is 10.1 Å². The molecule has 1 aromatic rings. The first-order valence-electron chi connectivity index (χ1n) is 6.43. The Kier molecular flexibility index (Phi) is 5.57. The zero-order valence-corrected chi connectivity index (χ0v) is 15.0. The van der Waals surface area contributed by atoms with Crippen molar-refractivity contribution in [3.8, 4) is 5.75 Å². The number of amides is 1. The minimum atomic E-state index is -0.168. The van der Waals surface area contributed by atoms with Crippen LogP contribution in [0.3, 0.4) is 0 Å². The van der Waals surface area contributed by atoms with Crippen molar-refractivity contribution in [1.29, 1.82) is 0 Å². The number of carbonyl (C=O) groups is 1. The molecule has 2 rings (SSSR count). The summed E-state index contributed by atoms with van der Waals surface area (Å²) in [6, 6.07) is 3.90. The number of rotatable bonds is 3. The summed E-state index contributed by atoms with van der Waals surface area (Å²) < 4.78 is 5.22. The largest absolute Gasteiger partial charge is 0.497 e. The van der Waals surface area contributed by atoms with Gasteiger partial charge >= 0.3 is 0 Å². The van der Waals surface area contributed by atoms with E-state index in [9.17, 15) is 4.79 Å². The molecule has 1 amide bonds. The van der Waals surface area contributed by atoms with E-state index in [1.807, 2.05) is 32.9 Å². The normalized spacial score (nSPS) is 16.0. The maximum absolute atomic E-state index is 12.2. The molecule has 1 aromatic carbocycles. The van der Waals surface area contributed by atoms with E-state index in [0.717, 1.165) is 41.8 Å².